The number of sulfonamides is 1. The minimum absolute atomic E-state index is 0.0358. The highest BCUT2D eigenvalue weighted by atomic mass is 32.2. The number of methoxy groups -OCH3 is 1. The van der Waals surface area contributed by atoms with Crippen molar-refractivity contribution in [1.82, 2.24) is 9.21 Å². The molecule has 0 spiro atoms. The fourth-order valence-electron chi connectivity index (χ4n) is 4.24. The van der Waals surface area contributed by atoms with Gasteiger partial charge in [-0.05, 0) is 54.5 Å². The molecule has 2 atom stereocenters. The molecule has 1 aromatic carbocycles. The lowest BCUT2D eigenvalue weighted by Crippen LogP contribution is -2.40. The standard InChI is InChI=1S/C25H38N2O7S/c1-25(2,3)19-17-22(24(29)26-11-5-6-12-26)34-23(18-19)33-16-14-27(13-15-28)35(30,31)21-9-7-20(32-4)8-10-21/h7-10,17,19,23,28H,5-6,11-16,18H2,1-4H3/t19-,23+/m0/s1. The molecular formula is C25H38N2O7S. The van der Waals surface area contributed by atoms with Gasteiger partial charge >= 0.3 is 0 Å². The molecular weight excluding hydrogens is 472 g/mol. The summed E-state index contributed by atoms with van der Waals surface area (Å²) in [5.74, 6) is 0.811. The van der Waals surface area contributed by atoms with Gasteiger partial charge in [0.25, 0.3) is 5.91 Å². The zero-order valence-electron chi connectivity index (χ0n) is 21.1. The van der Waals surface area contributed by atoms with Crippen LogP contribution < -0.4 is 4.74 Å². The molecule has 0 radical (unpaired) electrons. The number of hydrogen-bond acceptors (Lipinski definition) is 7. The van der Waals surface area contributed by atoms with E-state index in [9.17, 15) is 18.3 Å². The Hall–Kier alpha value is -2.14. The van der Waals surface area contributed by atoms with Crippen LogP contribution in [0.4, 0.5) is 0 Å². The quantitative estimate of drug-likeness (QED) is 0.516. The van der Waals surface area contributed by atoms with Gasteiger partial charge in [0, 0.05) is 32.6 Å². The van der Waals surface area contributed by atoms with E-state index in [2.05, 4.69) is 20.8 Å². The summed E-state index contributed by atoms with van der Waals surface area (Å²) in [6.07, 6.45) is 3.79. The lowest BCUT2D eigenvalue weighted by molar-refractivity contribution is -0.157. The van der Waals surface area contributed by atoms with E-state index in [-0.39, 0.29) is 48.4 Å². The van der Waals surface area contributed by atoms with E-state index >= 15 is 0 Å². The number of allylic oxidation sites excluding steroid dienone is 1. The van der Waals surface area contributed by atoms with Crippen LogP contribution in [0.1, 0.15) is 40.0 Å². The van der Waals surface area contributed by atoms with Gasteiger partial charge in [0.1, 0.15) is 5.75 Å². The Kier molecular flexibility index (Phi) is 9.20. The van der Waals surface area contributed by atoms with E-state index < -0.39 is 16.3 Å². The molecule has 10 heteroatoms. The molecule has 1 amide bonds. The normalized spacial score (nSPS) is 21.1. The fraction of sp³-hybridized carbons (Fsp3) is 0.640. The van der Waals surface area contributed by atoms with Gasteiger partial charge in [-0.1, -0.05) is 20.8 Å². The van der Waals surface area contributed by atoms with Crippen LogP contribution in [-0.2, 0) is 24.3 Å². The molecule has 0 saturated carbocycles. The third kappa shape index (κ3) is 6.97. The molecule has 1 fully saturated rings. The average Bonchev–Trinajstić information content (AvgIpc) is 3.37. The summed E-state index contributed by atoms with van der Waals surface area (Å²) in [4.78, 5) is 14.9. The molecule has 1 saturated heterocycles. The molecule has 9 nitrogen and oxygen atoms in total. The lowest BCUT2D eigenvalue weighted by atomic mass is 9.77. The minimum atomic E-state index is -3.84. The Balaban J connectivity index is 1.67. The second-order valence-corrected chi connectivity index (χ2v) is 11.9. The van der Waals surface area contributed by atoms with Crippen molar-refractivity contribution >= 4 is 15.9 Å². The molecule has 0 unspecified atom stereocenters. The highest BCUT2D eigenvalue weighted by molar-refractivity contribution is 7.89. The van der Waals surface area contributed by atoms with Gasteiger partial charge in [-0.25, -0.2) is 8.42 Å². The number of hydrogen-bond donors (Lipinski definition) is 1. The Morgan fingerprint density at radius 2 is 1.83 bits per heavy atom. The van der Waals surface area contributed by atoms with E-state index in [0.29, 0.717) is 17.9 Å². The molecule has 0 bridgehead atoms. The molecule has 0 aromatic heterocycles. The number of amides is 1. The monoisotopic (exact) mass is 510 g/mol. The first-order valence-corrected chi connectivity index (χ1v) is 13.5. The van der Waals surface area contributed by atoms with Gasteiger partial charge in [-0.2, -0.15) is 4.31 Å². The smallest absolute Gasteiger partial charge is 0.288 e. The predicted molar refractivity (Wildman–Crippen MR) is 131 cm³/mol. The average molecular weight is 511 g/mol. The zero-order chi connectivity index (χ0) is 25.6. The van der Waals surface area contributed by atoms with Crippen LogP contribution in [0.25, 0.3) is 0 Å². The SMILES string of the molecule is COc1ccc(S(=O)(=O)N(CCO)CCO[C@H]2C[C@@H](C(C)(C)C)C=C(C(=O)N3CCCC3)O2)cc1. The molecule has 1 N–H and O–H groups in total. The molecule has 1 aromatic rings. The summed E-state index contributed by atoms with van der Waals surface area (Å²) in [5, 5.41) is 9.46. The first-order chi connectivity index (χ1) is 16.6. The maximum Gasteiger partial charge on any atom is 0.288 e. The van der Waals surface area contributed by atoms with Crippen molar-refractivity contribution in [3.8, 4) is 5.75 Å². The molecule has 35 heavy (non-hydrogen) atoms. The van der Waals surface area contributed by atoms with E-state index in [1.54, 1.807) is 17.0 Å². The Bertz CT molecular complexity index is 980. The van der Waals surface area contributed by atoms with Gasteiger partial charge in [-0.3, -0.25) is 4.79 Å². The van der Waals surface area contributed by atoms with Crippen molar-refractivity contribution in [1.29, 1.82) is 0 Å². The minimum Gasteiger partial charge on any atom is -0.497 e. The Morgan fingerprint density at radius 1 is 1.17 bits per heavy atom. The number of rotatable bonds is 10. The number of carbonyl (C=O) groups is 1. The van der Waals surface area contributed by atoms with Crippen molar-refractivity contribution in [2.45, 2.75) is 51.2 Å². The van der Waals surface area contributed by atoms with Crippen molar-refractivity contribution in [3.63, 3.8) is 0 Å². The number of aliphatic hydroxyl groups is 1. The number of carbonyl (C=O) groups excluding carboxylic acids is 1. The van der Waals surface area contributed by atoms with Crippen LogP contribution in [0, 0.1) is 11.3 Å². The lowest BCUT2D eigenvalue weighted by Gasteiger charge is -2.36. The van der Waals surface area contributed by atoms with Crippen molar-refractivity contribution in [2.24, 2.45) is 11.3 Å². The third-order valence-electron chi connectivity index (χ3n) is 6.46. The summed E-state index contributed by atoms with van der Waals surface area (Å²) in [5.41, 5.74) is -0.0947. The largest absolute Gasteiger partial charge is 0.497 e. The molecule has 2 aliphatic heterocycles. The number of likely N-dealkylation sites (tertiary alicyclic amines) is 1. The molecule has 2 aliphatic rings. The summed E-state index contributed by atoms with van der Waals surface area (Å²) in [6, 6.07) is 6.10. The van der Waals surface area contributed by atoms with Gasteiger partial charge in [0.15, 0.2) is 5.76 Å². The van der Waals surface area contributed by atoms with Gasteiger partial charge in [0.2, 0.25) is 16.3 Å². The van der Waals surface area contributed by atoms with Crippen LogP contribution in [0.5, 0.6) is 5.75 Å². The van der Waals surface area contributed by atoms with Crippen LogP contribution in [-0.4, -0.2) is 81.4 Å². The first kappa shape index (κ1) is 27.4. The van der Waals surface area contributed by atoms with Crippen LogP contribution in [0.15, 0.2) is 41.0 Å². The van der Waals surface area contributed by atoms with Gasteiger partial charge in [0.05, 0.1) is 25.2 Å². The highest BCUT2D eigenvalue weighted by Gasteiger charge is 2.36. The van der Waals surface area contributed by atoms with Crippen molar-refractivity contribution in [2.75, 3.05) is 46.5 Å². The maximum atomic E-state index is 13.1. The highest BCUT2D eigenvalue weighted by Crippen LogP contribution is 2.37. The molecule has 196 valence electrons. The number of benzene rings is 1. The molecule has 0 aliphatic carbocycles. The van der Waals surface area contributed by atoms with E-state index in [1.807, 2.05) is 6.08 Å². The summed E-state index contributed by atoms with van der Waals surface area (Å²) >= 11 is 0. The number of ether oxygens (including phenoxy) is 3. The fourth-order valence-corrected chi connectivity index (χ4v) is 5.65. The zero-order valence-corrected chi connectivity index (χ0v) is 21.9. The molecule has 3 rings (SSSR count). The second kappa shape index (κ2) is 11.7. The van der Waals surface area contributed by atoms with E-state index in [1.165, 1.54) is 23.5 Å². The van der Waals surface area contributed by atoms with Crippen LogP contribution in [0.3, 0.4) is 0 Å². The van der Waals surface area contributed by atoms with Gasteiger partial charge in [-0.15, -0.1) is 0 Å². The Labute approximate surface area is 208 Å². The van der Waals surface area contributed by atoms with Crippen molar-refractivity contribution in [3.05, 3.63) is 36.1 Å². The van der Waals surface area contributed by atoms with Crippen molar-refractivity contribution < 1.29 is 32.5 Å². The second-order valence-electron chi connectivity index (χ2n) is 9.96. The predicted octanol–water partition coefficient (Wildman–Crippen LogP) is 2.61. The number of aliphatic hydroxyl groups excluding tert-OH is 1. The third-order valence-corrected chi connectivity index (χ3v) is 8.38. The maximum absolute atomic E-state index is 13.1. The van der Waals surface area contributed by atoms with Crippen LogP contribution in [0.2, 0.25) is 0 Å². The van der Waals surface area contributed by atoms with Crippen LogP contribution >= 0.6 is 0 Å². The number of nitrogens with zero attached hydrogens (tertiary/aromatic N) is 2. The summed E-state index contributed by atoms with van der Waals surface area (Å²) in [6.45, 7) is 7.49. The molecule has 2 heterocycles. The Morgan fingerprint density at radius 3 is 2.40 bits per heavy atom. The summed E-state index contributed by atoms with van der Waals surface area (Å²) in [7, 11) is -2.33. The van der Waals surface area contributed by atoms with Gasteiger partial charge < -0.3 is 24.2 Å². The van der Waals surface area contributed by atoms with E-state index in [4.69, 9.17) is 14.2 Å². The topological polar surface area (TPSA) is 106 Å². The first-order valence-electron chi connectivity index (χ1n) is 12.1. The van der Waals surface area contributed by atoms with E-state index in [0.717, 1.165) is 25.9 Å². The summed E-state index contributed by atoms with van der Waals surface area (Å²) < 4.78 is 44.4.